The number of H-pyrrole nitrogens is 1. The summed E-state index contributed by atoms with van der Waals surface area (Å²) in [5.41, 5.74) is -0.801. The number of nitrogens with zero attached hydrogens (tertiary/aromatic N) is 1. The first-order valence-corrected chi connectivity index (χ1v) is 8.27. The van der Waals surface area contributed by atoms with Gasteiger partial charge < -0.3 is 10.2 Å². The van der Waals surface area contributed by atoms with Crippen LogP contribution in [0, 0.1) is 0 Å². The molecule has 2 rings (SSSR count). The van der Waals surface area contributed by atoms with Gasteiger partial charge in [0.25, 0.3) is 11.7 Å². The van der Waals surface area contributed by atoms with Gasteiger partial charge >= 0.3 is 6.18 Å². The maximum Gasteiger partial charge on any atom is 0.419 e. The Labute approximate surface area is 143 Å². The van der Waals surface area contributed by atoms with Gasteiger partial charge in [-0.15, -0.1) is 0 Å². The third-order valence-corrected chi connectivity index (χ3v) is 4.57. The largest absolute Gasteiger partial charge is 0.419 e. The molecule has 1 atom stereocenters. The SMILES string of the molecule is CCNC(=O)[C@@H](C)[NH+]1CCN(c2[nH+]cc(C(F)(F)F)cc2Cl)CC1. The molecule has 0 radical (unpaired) electrons. The molecule has 3 N–H and O–H groups in total. The maximum atomic E-state index is 12.7. The van der Waals surface area contributed by atoms with Crippen molar-refractivity contribution in [3.05, 3.63) is 22.8 Å². The Morgan fingerprint density at radius 2 is 2.08 bits per heavy atom. The van der Waals surface area contributed by atoms with E-state index in [1.807, 2.05) is 18.7 Å². The molecule has 0 spiro atoms. The number of hydrogen-bond acceptors (Lipinski definition) is 2. The van der Waals surface area contributed by atoms with Gasteiger partial charge in [0.15, 0.2) is 6.04 Å². The normalized spacial score (nSPS) is 17.7. The number of alkyl halides is 3. The number of quaternary nitrogens is 1. The molecule has 1 aliphatic heterocycles. The fraction of sp³-hybridized carbons (Fsp3) is 0.600. The second kappa shape index (κ2) is 7.57. The van der Waals surface area contributed by atoms with Gasteiger partial charge in [-0.25, -0.2) is 9.88 Å². The summed E-state index contributed by atoms with van der Waals surface area (Å²) in [5, 5.41) is 2.85. The minimum absolute atomic E-state index is 0.0140. The highest BCUT2D eigenvalue weighted by Gasteiger charge is 2.36. The summed E-state index contributed by atoms with van der Waals surface area (Å²) < 4.78 is 38.1. The first kappa shape index (κ1) is 18.8. The van der Waals surface area contributed by atoms with Crippen LogP contribution in [0.2, 0.25) is 5.02 Å². The number of carbonyl (C=O) groups is 1. The highest BCUT2D eigenvalue weighted by atomic mass is 35.5. The van der Waals surface area contributed by atoms with E-state index in [0.29, 0.717) is 38.5 Å². The van der Waals surface area contributed by atoms with E-state index in [0.717, 1.165) is 17.2 Å². The van der Waals surface area contributed by atoms with E-state index in [1.165, 1.54) is 0 Å². The van der Waals surface area contributed by atoms with Crippen LogP contribution in [0.25, 0.3) is 0 Å². The van der Waals surface area contributed by atoms with Crippen LogP contribution in [-0.4, -0.2) is 44.7 Å². The van der Waals surface area contributed by atoms with E-state index in [-0.39, 0.29) is 17.0 Å². The fourth-order valence-electron chi connectivity index (χ4n) is 2.83. The van der Waals surface area contributed by atoms with Crippen molar-refractivity contribution in [1.29, 1.82) is 0 Å². The lowest BCUT2D eigenvalue weighted by Gasteiger charge is -2.31. The minimum atomic E-state index is -4.43. The molecular weight excluding hydrogens is 345 g/mol. The van der Waals surface area contributed by atoms with Crippen molar-refractivity contribution >= 4 is 23.3 Å². The molecule has 1 aromatic rings. The van der Waals surface area contributed by atoms with E-state index in [9.17, 15) is 18.0 Å². The number of amides is 1. The van der Waals surface area contributed by atoms with Crippen molar-refractivity contribution in [1.82, 2.24) is 5.32 Å². The van der Waals surface area contributed by atoms with Crippen molar-refractivity contribution in [2.24, 2.45) is 0 Å². The molecule has 134 valence electrons. The Morgan fingerprint density at radius 3 is 2.58 bits per heavy atom. The third kappa shape index (κ3) is 4.30. The number of aromatic amines is 1. The molecule has 1 saturated heterocycles. The number of rotatable bonds is 4. The highest BCUT2D eigenvalue weighted by Crippen LogP contribution is 2.31. The van der Waals surface area contributed by atoms with Gasteiger partial charge in [-0.1, -0.05) is 11.6 Å². The summed E-state index contributed by atoms with van der Waals surface area (Å²) in [6.07, 6.45) is -3.50. The molecule has 9 heteroatoms. The van der Waals surface area contributed by atoms with E-state index in [1.54, 1.807) is 0 Å². The second-order valence-electron chi connectivity index (χ2n) is 5.84. The number of aromatic nitrogens is 1. The number of halogens is 4. The Kier molecular flexibility index (Phi) is 5.92. The fourth-order valence-corrected chi connectivity index (χ4v) is 3.12. The van der Waals surface area contributed by atoms with Crippen molar-refractivity contribution < 1.29 is 27.8 Å². The van der Waals surface area contributed by atoms with Crippen molar-refractivity contribution in [3.63, 3.8) is 0 Å². The number of pyridine rings is 1. The predicted molar refractivity (Wildman–Crippen MR) is 84.1 cm³/mol. The number of anilines is 1. The molecule has 0 aromatic carbocycles. The van der Waals surface area contributed by atoms with Crippen molar-refractivity contribution in [2.75, 3.05) is 37.6 Å². The van der Waals surface area contributed by atoms with E-state index < -0.39 is 11.7 Å². The summed E-state index contributed by atoms with van der Waals surface area (Å²) in [4.78, 5) is 17.6. The Morgan fingerprint density at radius 1 is 1.46 bits per heavy atom. The molecule has 0 aliphatic carbocycles. The number of hydrogen-bond donors (Lipinski definition) is 2. The standard InChI is InChI=1S/C15H20ClF3N4O/c1-3-20-14(24)10(2)22-4-6-23(7-5-22)13-12(16)8-11(9-21-13)15(17,18)19/h8-10H,3-7H2,1-2H3,(H,20,24)/p+2/t10-/m1/s1. The molecular formula is C15H22ClF3N4O+2. The van der Waals surface area contributed by atoms with Crippen LogP contribution < -0.4 is 20.1 Å². The van der Waals surface area contributed by atoms with Gasteiger partial charge in [-0.2, -0.15) is 13.2 Å². The topological polar surface area (TPSA) is 50.9 Å². The number of carbonyl (C=O) groups excluding carboxylic acids is 1. The number of nitrogens with one attached hydrogen (secondary N) is 3. The quantitative estimate of drug-likeness (QED) is 0.810. The van der Waals surface area contributed by atoms with E-state index >= 15 is 0 Å². The van der Waals surface area contributed by atoms with Crippen LogP contribution in [0.5, 0.6) is 0 Å². The Balaban J connectivity index is 2.01. The molecule has 1 aromatic heterocycles. The lowest BCUT2D eigenvalue weighted by atomic mass is 10.2. The predicted octanol–water partition coefficient (Wildman–Crippen LogP) is 0.402. The molecule has 0 saturated carbocycles. The van der Waals surface area contributed by atoms with Gasteiger partial charge in [-0.05, 0) is 19.9 Å². The molecule has 1 amide bonds. The van der Waals surface area contributed by atoms with E-state index in [4.69, 9.17) is 11.6 Å². The smallest absolute Gasteiger partial charge is 0.351 e. The second-order valence-corrected chi connectivity index (χ2v) is 6.25. The third-order valence-electron chi connectivity index (χ3n) is 4.28. The van der Waals surface area contributed by atoms with Crippen LogP contribution in [0.15, 0.2) is 12.3 Å². The van der Waals surface area contributed by atoms with Crippen LogP contribution in [0.4, 0.5) is 19.0 Å². The molecule has 2 heterocycles. The lowest BCUT2D eigenvalue weighted by molar-refractivity contribution is -0.914. The maximum absolute atomic E-state index is 12.7. The van der Waals surface area contributed by atoms with Gasteiger partial charge in [-0.3, -0.25) is 4.79 Å². The van der Waals surface area contributed by atoms with Crippen molar-refractivity contribution in [3.8, 4) is 0 Å². The van der Waals surface area contributed by atoms with Gasteiger partial charge in [0.1, 0.15) is 37.4 Å². The van der Waals surface area contributed by atoms with Crippen LogP contribution >= 0.6 is 11.6 Å². The van der Waals surface area contributed by atoms with Gasteiger partial charge in [0.2, 0.25) is 0 Å². The molecule has 5 nitrogen and oxygen atoms in total. The summed E-state index contributed by atoms with van der Waals surface area (Å²) in [6.45, 7) is 7.00. The summed E-state index contributed by atoms with van der Waals surface area (Å²) in [6, 6.07) is 0.781. The minimum Gasteiger partial charge on any atom is -0.351 e. The molecule has 0 unspecified atom stereocenters. The summed E-state index contributed by atoms with van der Waals surface area (Å²) >= 11 is 6.02. The molecule has 1 fully saturated rings. The zero-order chi connectivity index (χ0) is 17.9. The first-order valence-electron chi connectivity index (χ1n) is 7.89. The average molecular weight is 367 g/mol. The van der Waals surface area contributed by atoms with Crippen LogP contribution in [0.3, 0.4) is 0 Å². The first-order chi connectivity index (χ1) is 11.2. The van der Waals surface area contributed by atoms with Gasteiger partial charge in [0, 0.05) is 6.54 Å². The molecule has 24 heavy (non-hydrogen) atoms. The van der Waals surface area contributed by atoms with Crippen LogP contribution in [0.1, 0.15) is 19.4 Å². The summed E-state index contributed by atoms with van der Waals surface area (Å²) in [5.74, 6) is 0.495. The summed E-state index contributed by atoms with van der Waals surface area (Å²) in [7, 11) is 0. The monoisotopic (exact) mass is 366 g/mol. The zero-order valence-electron chi connectivity index (χ0n) is 13.6. The Hall–Kier alpha value is -1.54. The highest BCUT2D eigenvalue weighted by molar-refractivity contribution is 6.32. The van der Waals surface area contributed by atoms with Gasteiger partial charge in [0.05, 0.1) is 5.56 Å². The van der Waals surface area contributed by atoms with Crippen molar-refractivity contribution in [2.45, 2.75) is 26.1 Å². The number of piperazine rings is 1. The number of likely N-dealkylation sites (N-methyl/N-ethyl adjacent to an activating group) is 1. The lowest BCUT2D eigenvalue weighted by Crippen LogP contribution is -3.19. The Bertz CT molecular complexity index is 589. The molecule has 0 bridgehead atoms. The average Bonchev–Trinajstić information content (AvgIpc) is 2.53. The molecule has 1 aliphatic rings. The van der Waals surface area contributed by atoms with E-state index in [2.05, 4.69) is 10.3 Å². The zero-order valence-corrected chi connectivity index (χ0v) is 14.4. The van der Waals surface area contributed by atoms with Crippen LogP contribution in [-0.2, 0) is 11.0 Å².